The van der Waals surface area contributed by atoms with E-state index in [4.69, 9.17) is 4.74 Å². The van der Waals surface area contributed by atoms with Crippen LogP contribution in [0.5, 0.6) is 0 Å². The van der Waals surface area contributed by atoms with Crippen LogP contribution in [0.3, 0.4) is 0 Å². The number of aryl methyl sites for hydroxylation is 1. The lowest BCUT2D eigenvalue weighted by Gasteiger charge is -2.36. The van der Waals surface area contributed by atoms with Gasteiger partial charge >= 0.3 is 0 Å². The number of β-amino-alcohol motifs (C(OH)–C–C–N with tert-alkyl or cyclic N) is 1. The Kier molecular flexibility index (Phi) is 6.28. The minimum absolute atomic E-state index is 0.128. The summed E-state index contributed by atoms with van der Waals surface area (Å²) in [6.07, 6.45) is 2.39. The smallest absolute Gasteiger partial charge is 0.0954 e. The van der Waals surface area contributed by atoms with Crippen molar-refractivity contribution in [2.24, 2.45) is 5.92 Å². The molecule has 2 atom stereocenters. The lowest BCUT2D eigenvalue weighted by atomic mass is 9.99. The van der Waals surface area contributed by atoms with E-state index in [2.05, 4.69) is 47.9 Å². The van der Waals surface area contributed by atoms with Gasteiger partial charge in [-0.25, -0.2) is 0 Å². The topological polar surface area (TPSA) is 35.9 Å². The van der Waals surface area contributed by atoms with Crippen molar-refractivity contribution in [3.8, 4) is 0 Å². The maximum atomic E-state index is 10.5. The van der Waals surface area contributed by atoms with E-state index in [0.717, 1.165) is 51.8 Å². The highest BCUT2D eigenvalue weighted by atomic mass is 16.5. The van der Waals surface area contributed by atoms with Crippen molar-refractivity contribution in [2.75, 3.05) is 45.9 Å². The van der Waals surface area contributed by atoms with Crippen LogP contribution in [0.1, 0.15) is 37.0 Å². The van der Waals surface area contributed by atoms with Gasteiger partial charge in [-0.3, -0.25) is 4.90 Å². The third-order valence-corrected chi connectivity index (χ3v) is 5.50. The van der Waals surface area contributed by atoms with Gasteiger partial charge in [0.05, 0.1) is 18.8 Å². The second-order valence-corrected chi connectivity index (χ2v) is 7.61. The third kappa shape index (κ3) is 4.79. The fourth-order valence-corrected chi connectivity index (χ4v) is 3.90. The van der Waals surface area contributed by atoms with Crippen LogP contribution in [-0.4, -0.2) is 66.9 Å². The largest absolute Gasteiger partial charge is 0.390 e. The lowest BCUT2D eigenvalue weighted by Crippen LogP contribution is -2.46. The summed E-state index contributed by atoms with van der Waals surface area (Å²) in [5.41, 5.74) is 2.56. The molecule has 2 aliphatic heterocycles. The number of hydrogen-bond acceptors (Lipinski definition) is 4. The Morgan fingerprint density at radius 2 is 1.83 bits per heavy atom. The van der Waals surface area contributed by atoms with Crippen molar-refractivity contribution in [1.82, 2.24) is 9.80 Å². The van der Waals surface area contributed by atoms with Gasteiger partial charge in [0.1, 0.15) is 0 Å². The van der Waals surface area contributed by atoms with E-state index >= 15 is 0 Å². The minimum Gasteiger partial charge on any atom is -0.390 e. The van der Waals surface area contributed by atoms with E-state index in [1.165, 1.54) is 24.0 Å². The first-order valence-electron chi connectivity index (χ1n) is 9.41. The molecule has 4 nitrogen and oxygen atoms in total. The van der Waals surface area contributed by atoms with E-state index in [-0.39, 0.29) is 12.2 Å². The number of hydrogen-bond donors (Lipinski definition) is 1. The highest BCUT2D eigenvalue weighted by Gasteiger charge is 2.25. The van der Waals surface area contributed by atoms with Crippen LogP contribution < -0.4 is 0 Å². The zero-order valence-corrected chi connectivity index (χ0v) is 15.2. The summed E-state index contributed by atoms with van der Waals surface area (Å²) in [5.74, 6) is 0.840. The molecule has 134 valence electrons. The molecule has 0 aliphatic carbocycles. The lowest BCUT2D eigenvalue weighted by molar-refractivity contribution is -0.0458. The first-order chi connectivity index (χ1) is 11.6. The molecule has 0 radical (unpaired) electrons. The molecule has 24 heavy (non-hydrogen) atoms. The summed E-state index contributed by atoms with van der Waals surface area (Å²) in [6, 6.07) is 8.46. The van der Waals surface area contributed by atoms with Gasteiger partial charge in [0.2, 0.25) is 0 Å². The summed E-state index contributed by atoms with van der Waals surface area (Å²) in [5, 5.41) is 10.5. The maximum Gasteiger partial charge on any atom is 0.0954 e. The molecule has 0 amide bonds. The second kappa shape index (κ2) is 8.43. The monoisotopic (exact) mass is 332 g/mol. The van der Waals surface area contributed by atoms with Crippen LogP contribution >= 0.6 is 0 Å². The highest BCUT2D eigenvalue weighted by molar-refractivity contribution is 5.28. The first-order valence-corrected chi connectivity index (χ1v) is 9.41. The van der Waals surface area contributed by atoms with Gasteiger partial charge in [0, 0.05) is 26.2 Å². The number of aliphatic hydroxyl groups is 1. The Morgan fingerprint density at radius 1 is 1.12 bits per heavy atom. The Hall–Kier alpha value is -0.940. The molecule has 0 bridgehead atoms. The van der Waals surface area contributed by atoms with Crippen molar-refractivity contribution in [2.45, 2.75) is 38.9 Å². The predicted molar refractivity (Wildman–Crippen MR) is 97.2 cm³/mol. The standard InChI is InChI=1S/C20H32N2O2/c1-16-7-9-21(10-8-16)13-18(23)14-22-11-12-24-20(15-22)19-6-4-3-5-17(19)2/h3-6,16,18,20,23H,7-15H2,1-2H3. The van der Waals surface area contributed by atoms with Crippen LogP contribution in [0, 0.1) is 12.8 Å². The minimum atomic E-state index is -0.269. The highest BCUT2D eigenvalue weighted by Crippen LogP contribution is 2.25. The van der Waals surface area contributed by atoms with Crippen molar-refractivity contribution in [3.63, 3.8) is 0 Å². The zero-order valence-electron chi connectivity index (χ0n) is 15.2. The van der Waals surface area contributed by atoms with Crippen molar-refractivity contribution < 1.29 is 9.84 Å². The van der Waals surface area contributed by atoms with Crippen LogP contribution in [0.4, 0.5) is 0 Å². The van der Waals surface area contributed by atoms with E-state index in [0.29, 0.717) is 0 Å². The molecular weight excluding hydrogens is 300 g/mol. The van der Waals surface area contributed by atoms with Gasteiger partial charge in [-0.05, 0) is 49.9 Å². The average Bonchev–Trinajstić information content (AvgIpc) is 2.57. The van der Waals surface area contributed by atoms with E-state index < -0.39 is 0 Å². The van der Waals surface area contributed by atoms with Crippen molar-refractivity contribution in [1.29, 1.82) is 0 Å². The molecule has 4 heteroatoms. The molecule has 0 aromatic heterocycles. The molecule has 2 aliphatic rings. The van der Waals surface area contributed by atoms with Gasteiger partial charge in [0.25, 0.3) is 0 Å². The van der Waals surface area contributed by atoms with Gasteiger partial charge in [-0.1, -0.05) is 31.2 Å². The first kappa shape index (κ1) is 17.9. The number of nitrogens with zero attached hydrogens (tertiary/aromatic N) is 2. The molecule has 1 aromatic carbocycles. The van der Waals surface area contributed by atoms with E-state index in [9.17, 15) is 5.11 Å². The SMILES string of the molecule is Cc1ccccc1C1CN(CC(O)CN2CCC(C)CC2)CCO1. The van der Waals surface area contributed by atoms with Crippen LogP contribution in [0.2, 0.25) is 0 Å². The fraction of sp³-hybridized carbons (Fsp3) is 0.700. The van der Waals surface area contributed by atoms with Gasteiger partial charge < -0.3 is 14.7 Å². The molecule has 2 fully saturated rings. The molecule has 1 aromatic rings. The molecule has 0 saturated carbocycles. The number of rotatable bonds is 5. The van der Waals surface area contributed by atoms with Gasteiger partial charge in [0.15, 0.2) is 0 Å². The van der Waals surface area contributed by atoms with E-state index in [1.54, 1.807) is 0 Å². The Balaban J connectivity index is 1.49. The predicted octanol–water partition coefficient (Wildman–Crippen LogP) is 2.46. The van der Waals surface area contributed by atoms with Gasteiger partial charge in [-0.2, -0.15) is 0 Å². The van der Waals surface area contributed by atoms with Crippen LogP contribution in [-0.2, 0) is 4.74 Å². The van der Waals surface area contributed by atoms with Crippen LogP contribution in [0.25, 0.3) is 0 Å². The molecular formula is C20H32N2O2. The summed E-state index contributed by atoms with van der Waals surface area (Å²) < 4.78 is 5.98. The number of likely N-dealkylation sites (tertiary alicyclic amines) is 1. The number of morpholine rings is 1. The summed E-state index contributed by atoms with van der Waals surface area (Å²) in [7, 11) is 0. The zero-order chi connectivity index (χ0) is 16.9. The molecule has 2 saturated heterocycles. The molecule has 2 unspecified atom stereocenters. The second-order valence-electron chi connectivity index (χ2n) is 7.61. The molecule has 2 heterocycles. The molecule has 0 spiro atoms. The fourth-order valence-electron chi connectivity index (χ4n) is 3.90. The number of aliphatic hydroxyl groups excluding tert-OH is 1. The van der Waals surface area contributed by atoms with Gasteiger partial charge in [-0.15, -0.1) is 0 Å². The summed E-state index contributed by atoms with van der Waals surface area (Å²) in [4.78, 5) is 4.78. The number of ether oxygens (including phenoxy) is 1. The Morgan fingerprint density at radius 3 is 2.58 bits per heavy atom. The Bertz CT molecular complexity index is 514. The van der Waals surface area contributed by atoms with Crippen molar-refractivity contribution >= 4 is 0 Å². The molecule has 3 rings (SSSR count). The normalized spacial score (nSPS) is 25.7. The number of benzene rings is 1. The average molecular weight is 332 g/mol. The number of piperidine rings is 1. The van der Waals surface area contributed by atoms with Crippen LogP contribution in [0.15, 0.2) is 24.3 Å². The van der Waals surface area contributed by atoms with E-state index in [1.807, 2.05) is 0 Å². The van der Waals surface area contributed by atoms with Crippen molar-refractivity contribution in [3.05, 3.63) is 35.4 Å². The maximum absolute atomic E-state index is 10.5. The quantitative estimate of drug-likeness (QED) is 0.898. The summed E-state index contributed by atoms with van der Waals surface area (Å²) in [6.45, 7) is 10.8. The molecule has 1 N–H and O–H groups in total. The summed E-state index contributed by atoms with van der Waals surface area (Å²) >= 11 is 0. The Labute approximate surface area is 146 Å². The third-order valence-electron chi connectivity index (χ3n) is 5.50.